The molecule has 2 aromatic carbocycles. The minimum absolute atomic E-state index is 0.262. The third-order valence-corrected chi connectivity index (χ3v) is 6.41. The van der Waals surface area contributed by atoms with E-state index >= 15 is 0 Å². The van der Waals surface area contributed by atoms with E-state index in [4.69, 9.17) is 14.2 Å². The third kappa shape index (κ3) is 3.44. The van der Waals surface area contributed by atoms with Gasteiger partial charge in [0.1, 0.15) is 5.75 Å². The Morgan fingerprint density at radius 2 is 1.72 bits per heavy atom. The summed E-state index contributed by atoms with van der Waals surface area (Å²) in [5.41, 5.74) is 1.30. The predicted molar refractivity (Wildman–Crippen MR) is 118 cm³/mol. The van der Waals surface area contributed by atoms with Crippen molar-refractivity contribution in [3.63, 3.8) is 0 Å². The van der Waals surface area contributed by atoms with Crippen LogP contribution in [0.15, 0.2) is 36.4 Å². The summed E-state index contributed by atoms with van der Waals surface area (Å²) in [6.45, 7) is 7.09. The van der Waals surface area contributed by atoms with Crippen molar-refractivity contribution in [3.8, 4) is 17.2 Å². The zero-order chi connectivity index (χ0) is 22.5. The summed E-state index contributed by atoms with van der Waals surface area (Å²) in [4.78, 5) is 32.1. The van der Waals surface area contributed by atoms with Crippen molar-refractivity contribution in [1.29, 1.82) is 0 Å². The van der Waals surface area contributed by atoms with Crippen LogP contribution in [0.5, 0.6) is 17.2 Å². The Bertz CT molecular complexity index is 1080. The smallest absolute Gasteiger partial charge is 0.280 e. The van der Waals surface area contributed by atoms with Gasteiger partial charge in [-0.3, -0.25) is 14.5 Å². The van der Waals surface area contributed by atoms with Crippen molar-refractivity contribution >= 4 is 17.5 Å². The fourth-order valence-corrected chi connectivity index (χ4v) is 4.51. The van der Waals surface area contributed by atoms with Gasteiger partial charge >= 0.3 is 0 Å². The van der Waals surface area contributed by atoms with Gasteiger partial charge in [-0.15, -0.1) is 0 Å². The van der Waals surface area contributed by atoms with E-state index in [0.717, 1.165) is 42.3 Å². The molecule has 0 spiro atoms. The summed E-state index contributed by atoms with van der Waals surface area (Å²) in [6, 6.07) is 11.6. The Kier molecular flexibility index (Phi) is 4.97. The summed E-state index contributed by atoms with van der Waals surface area (Å²) < 4.78 is 16.8. The summed E-state index contributed by atoms with van der Waals surface area (Å²) in [5, 5.41) is 0. The molecular weight excluding hydrogens is 410 g/mol. The van der Waals surface area contributed by atoms with E-state index in [1.165, 1.54) is 4.90 Å². The summed E-state index contributed by atoms with van der Waals surface area (Å²) in [5.74, 6) is 1.47. The number of nitrogens with zero attached hydrogens (tertiary/aromatic N) is 3. The Balaban J connectivity index is 1.25. The molecule has 8 nitrogen and oxygen atoms in total. The molecule has 1 saturated heterocycles. The van der Waals surface area contributed by atoms with Crippen LogP contribution in [0.2, 0.25) is 0 Å². The zero-order valence-electron chi connectivity index (χ0n) is 18.6. The Morgan fingerprint density at radius 3 is 2.50 bits per heavy atom. The number of amides is 2. The highest BCUT2D eigenvalue weighted by Crippen LogP contribution is 2.38. The molecule has 2 aromatic rings. The SMILES string of the molecule is Cc1ccc2c(c1)N(C)C(=O)C(C)(C(=O)N1CCN(Cc3ccc4c(c3)OCO4)CC1)O2. The van der Waals surface area contributed by atoms with E-state index in [2.05, 4.69) is 4.90 Å². The van der Waals surface area contributed by atoms with Gasteiger partial charge in [0.2, 0.25) is 6.79 Å². The van der Waals surface area contributed by atoms with Gasteiger partial charge in [0.15, 0.2) is 11.5 Å². The predicted octanol–water partition coefficient (Wildman–Crippen LogP) is 2.18. The average molecular weight is 437 g/mol. The number of fused-ring (bicyclic) bond motifs is 2. The molecule has 2 amide bonds. The van der Waals surface area contributed by atoms with E-state index in [0.29, 0.717) is 24.5 Å². The number of rotatable bonds is 3. The number of hydrogen-bond donors (Lipinski definition) is 0. The molecule has 3 heterocycles. The van der Waals surface area contributed by atoms with Crippen molar-refractivity contribution in [2.45, 2.75) is 26.0 Å². The van der Waals surface area contributed by atoms with Crippen LogP contribution in [0, 0.1) is 6.92 Å². The fraction of sp³-hybridized carbons (Fsp3) is 0.417. The first-order valence-corrected chi connectivity index (χ1v) is 10.8. The molecule has 0 saturated carbocycles. The van der Waals surface area contributed by atoms with Crippen LogP contribution in [-0.2, 0) is 16.1 Å². The molecule has 32 heavy (non-hydrogen) atoms. The number of aryl methyl sites for hydroxylation is 1. The minimum atomic E-state index is -1.56. The number of benzene rings is 2. The van der Waals surface area contributed by atoms with Crippen molar-refractivity contribution in [3.05, 3.63) is 47.5 Å². The minimum Gasteiger partial charge on any atom is -0.465 e. The topological polar surface area (TPSA) is 71.6 Å². The zero-order valence-corrected chi connectivity index (χ0v) is 18.6. The first-order valence-electron chi connectivity index (χ1n) is 10.8. The Hall–Kier alpha value is -3.26. The largest absolute Gasteiger partial charge is 0.465 e. The molecule has 8 heteroatoms. The van der Waals surface area contributed by atoms with Gasteiger partial charge in [-0.2, -0.15) is 0 Å². The number of piperazine rings is 1. The summed E-state index contributed by atoms with van der Waals surface area (Å²) >= 11 is 0. The molecule has 0 bridgehead atoms. The summed E-state index contributed by atoms with van der Waals surface area (Å²) in [6.07, 6.45) is 0. The van der Waals surface area contributed by atoms with Crippen molar-refractivity contribution in [2.24, 2.45) is 0 Å². The first-order chi connectivity index (χ1) is 15.3. The lowest BCUT2D eigenvalue weighted by Crippen LogP contribution is -2.64. The fourth-order valence-electron chi connectivity index (χ4n) is 4.51. The van der Waals surface area contributed by atoms with E-state index in [1.54, 1.807) is 18.9 Å². The van der Waals surface area contributed by atoms with E-state index in [1.807, 2.05) is 43.3 Å². The summed E-state index contributed by atoms with van der Waals surface area (Å²) in [7, 11) is 1.69. The molecule has 0 radical (unpaired) electrons. The van der Waals surface area contributed by atoms with Gasteiger partial charge < -0.3 is 24.0 Å². The van der Waals surface area contributed by atoms with E-state index in [9.17, 15) is 9.59 Å². The lowest BCUT2D eigenvalue weighted by Gasteiger charge is -2.42. The monoisotopic (exact) mass is 437 g/mol. The van der Waals surface area contributed by atoms with Crippen LogP contribution in [0.3, 0.4) is 0 Å². The first kappa shape index (κ1) is 20.6. The second-order valence-corrected chi connectivity index (χ2v) is 8.73. The molecule has 168 valence electrons. The lowest BCUT2D eigenvalue weighted by molar-refractivity contribution is -0.157. The highest BCUT2D eigenvalue weighted by Gasteiger charge is 2.51. The maximum absolute atomic E-state index is 13.4. The average Bonchev–Trinajstić information content (AvgIpc) is 3.26. The van der Waals surface area contributed by atoms with Crippen LogP contribution in [0.1, 0.15) is 18.1 Å². The molecule has 0 aromatic heterocycles. The van der Waals surface area contributed by atoms with Crippen LogP contribution in [0.25, 0.3) is 0 Å². The number of carbonyl (C=O) groups is 2. The van der Waals surface area contributed by atoms with Gasteiger partial charge in [-0.25, -0.2) is 0 Å². The maximum atomic E-state index is 13.4. The van der Waals surface area contributed by atoms with Crippen molar-refractivity contribution < 1.29 is 23.8 Å². The van der Waals surface area contributed by atoms with E-state index in [-0.39, 0.29) is 18.6 Å². The number of likely N-dealkylation sites (N-methyl/N-ethyl adjacent to an activating group) is 1. The molecule has 1 fully saturated rings. The second kappa shape index (κ2) is 7.70. The van der Waals surface area contributed by atoms with Gasteiger partial charge in [-0.1, -0.05) is 12.1 Å². The molecule has 3 aliphatic rings. The number of hydrogen-bond acceptors (Lipinski definition) is 6. The highest BCUT2D eigenvalue weighted by molar-refractivity contribution is 6.16. The van der Waals surface area contributed by atoms with E-state index < -0.39 is 5.60 Å². The number of carbonyl (C=O) groups excluding carboxylic acids is 2. The van der Waals surface area contributed by atoms with Crippen LogP contribution >= 0.6 is 0 Å². The molecule has 1 atom stereocenters. The Morgan fingerprint density at radius 1 is 1.00 bits per heavy atom. The molecule has 1 unspecified atom stereocenters. The highest BCUT2D eigenvalue weighted by atomic mass is 16.7. The van der Waals surface area contributed by atoms with Gasteiger partial charge in [0.05, 0.1) is 5.69 Å². The van der Waals surface area contributed by atoms with Crippen LogP contribution in [-0.4, -0.2) is 67.2 Å². The maximum Gasteiger partial charge on any atom is 0.280 e. The molecule has 3 aliphatic heterocycles. The number of anilines is 1. The van der Waals surface area contributed by atoms with Crippen molar-refractivity contribution in [2.75, 3.05) is 44.9 Å². The number of ether oxygens (including phenoxy) is 3. The van der Waals surface area contributed by atoms with Crippen LogP contribution < -0.4 is 19.1 Å². The Labute approximate surface area is 187 Å². The van der Waals surface area contributed by atoms with Gasteiger partial charge in [-0.05, 0) is 49.2 Å². The molecule has 0 N–H and O–H groups in total. The third-order valence-electron chi connectivity index (χ3n) is 6.41. The molecule has 0 aliphatic carbocycles. The molecular formula is C24H27N3O5. The van der Waals surface area contributed by atoms with Crippen molar-refractivity contribution in [1.82, 2.24) is 9.80 Å². The standard InChI is InChI=1S/C24H27N3O5/c1-16-4-6-19-18(12-16)25(3)22(28)24(2,32-19)23(29)27-10-8-26(9-11-27)14-17-5-7-20-21(13-17)31-15-30-20/h4-7,12-13H,8-11,14-15H2,1-3H3. The lowest BCUT2D eigenvalue weighted by atomic mass is 9.98. The normalized spacial score (nSPS) is 22.5. The second-order valence-electron chi connectivity index (χ2n) is 8.73. The van der Waals surface area contributed by atoms with Gasteiger partial charge in [0, 0.05) is 39.8 Å². The quantitative estimate of drug-likeness (QED) is 0.686. The van der Waals surface area contributed by atoms with Gasteiger partial charge in [0.25, 0.3) is 17.4 Å². The van der Waals surface area contributed by atoms with Crippen LogP contribution in [0.4, 0.5) is 5.69 Å². The molecule has 5 rings (SSSR count).